The average molecular weight is 360 g/mol. The molecule has 7 heteroatoms. The largest absolute Gasteiger partial charge is 0.460 e. The first-order valence-corrected chi connectivity index (χ1v) is 8.11. The van der Waals surface area contributed by atoms with E-state index < -0.39 is 28.7 Å². The molecule has 1 aliphatic rings. The lowest BCUT2D eigenvalue weighted by Crippen LogP contribution is -2.54. The van der Waals surface area contributed by atoms with Gasteiger partial charge in [-0.3, -0.25) is 4.79 Å². The number of carbonyl (C=O) groups excluding carboxylic acids is 2. The Kier molecular flexibility index (Phi) is 4.63. The number of carbonyl (C=O) groups is 2. The highest BCUT2D eigenvalue weighted by molar-refractivity contribution is 6.07. The Hall–Kier alpha value is -2.96. The molecule has 0 saturated carbocycles. The predicted molar refractivity (Wildman–Crippen MR) is 93.1 cm³/mol. The van der Waals surface area contributed by atoms with Gasteiger partial charge in [-0.2, -0.15) is 0 Å². The van der Waals surface area contributed by atoms with Crippen LogP contribution in [0.25, 0.3) is 0 Å². The maximum absolute atomic E-state index is 13.6. The number of esters is 1. The summed E-state index contributed by atoms with van der Waals surface area (Å²) < 4.78 is 31.8. The van der Waals surface area contributed by atoms with Gasteiger partial charge in [-0.1, -0.05) is 12.1 Å². The third-order valence-corrected chi connectivity index (χ3v) is 4.12. The van der Waals surface area contributed by atoms with Crippen molar-refractivity contribution in [3.8, 4) is 0 Å². The number of nitrogens with one attached hydrogen (secondary N) is 1. The minimum atomic E-state index is -0.975. The van der Waals surface area contributed by atoms with Crippen molar-refractivity contribution >= 4 is 23.3 Å². The first-order valence-electron chi connectivity index (χ1n) is 8.11. The van der Waals surface area contributed by atoms with Crippen LogP contribution in [-0.2, 0) is 9.53 Å². The van der Waals surface area contributed by atoms with Gasteiger partial charge in [0.2, 0.25) is 0 Å². The summed E-state index contributed by atoms with van der Waals surface area (Å²) in [6.07, 6.45) is 0. The van der Waals surface area contributed by atoms with Crippen LogP contribution in [0.5, 0.6) is 0 Å². The van der Waals surface area contributed by atoms with Gasteiger partial charge in [-0.25, -0.2) is 13.6 Å². The Labute approximate surface area is 149 Å². The molecule has 0 spiro atoms. The van der Waals surface area contributed by atoms with Gasteiger partial charge in [0.25, 0.3) is 5.91 Å². The number of rotatable bonds is 4. The molecule has 5 nitrogen and oxygen atoms in total. The Morgan fingerprint density at radius 1 is 1.19 bits per heavy atom. The van der Waals surface area contributed by atoms with Crippen molar-refractivity contribution in [2.24, 2.45) is 0 Å². The monoisotopic (exact) mass is 360 g/mol. The highest BCUT2D eigenvalue weighted by Crippen LogP contribution is 2.34. The van der Waals surface area contributed by atoms with Crippen molar-refractivity contribution < 1.29 is 23.1 Å². The van der Waals surface area contributed by atoms with Gasteiger partial charge < -0.3 is 15.0 Å². The highest BCUT2D eigenvalue weighted by atomic mass is 19.1. The fraction of sp³-hybridized carbons (Fsp3) is 0.263. The fourth-order valence-corrected chi connectivity index (χ4v) is 2.83. The van der Waals surface area contributed by atoms with Crippen LogP contribution < -0.4 is 10.2 Å². The number of nitrogens with zero attached hydrogens (tertiary/aromatic N) is 1. The number of amides is 1. The van der Waals surface area contributed by atoms with E-state index in [1.165, 1.54) is 4.90 Å². The summed E-state index contributed by atoms with van der Waals surface area (Å²) in [6.45, 7) is 3.47. The number of anilines is 2. The lowest BCUT2D eigenvalue weighted by Gasteiger charge is -2.39. The minimum Gasteiger partial charge on any atom is -0.460 e. The molecule has 136 valence electrons. The van der Waals surface area contributed by atoms with E-state index in [1.807, 2.05) is 12.1 Å². The topological polar surface area (TPSA) is 58.6 Å². The first-order chi connectivity index (χ1) is 12.3. The molecule has 0 atom stereocenters. The van der Waals surface area contributed by atoms with Crippen LogP contribution in [0.4, 0.5) is 20.2 Å². The second-order valence-corrected chi connectivity index (χ2v) is 6.48. The van der Waals surface area contributed by atoms with Crippen molar-refractivity contribution in [1.29, 1.82) is 0 Å². The van der Waals surface area contributed by atoms with Crippen molar-refractivity contribution in [2.45, 2.75) is 19.4 Å². The molecular formula is C19H18F2N2O3. The number of hydrogen-bond donors (Lipinski definition) is 1. The number of hydrogen-bond acceptors (Lipinski definition) is 4. The van der Waals surface area contributed by atoms with Gasteiger partial charge >= 0.3 is 5.97 Å². The van der Waals surface area contributed by atoms with E-state index in [0.717, 1.165) is 23.9 Å². The van der Waals surface area contributed by atoms with Crippen LogP contribution in [0.15, 0.2) is 42.5 Å². The minimum absolute atomic E-state index is 0.101. The molecule has 0 aliphatic carbocycles. The molecule has 1 heterocycles. The Balaban J connectivity index is 1.72. The maximum Gasteiger partial charge on any atom is 0.341 e. The lowest BCUT2D eigenvalue weighted by molar-refractivity contribution is -0.122. The van der Waals surface area contributed by atoms with E-state index in [-0.39, 0.29) is 19.1 Å². The fourth-order valence-electron chi connectivity index (χ4n) is 2.83. The molecule has 0 fully saturated rings. The maximum atomic E-state index is 13.6. The highest BCUT2D eigenvalue weighted by Gasteiger charge is 2.38. The smallest absolute Gasteiger partial charge is 0.341 e. The third kappa shape index (κ3) is 3.37. The van der Waals surface area contributed by atoms with E-state index in [0.29, 0.717) is 5.69 Å². The van der Waals surface area contributed by atoms with Crippen LogP contribution >= 0.6 is 0 Å². The number of benzene rings is 2. The molecule has 0 bridgehead atoms. The van der Waals surface area contributed by atoms with E-state index >= 15 is 0 Å². The summed E-state index contributed by atoms with van der Waals surface area (Å²) in [6, 6.07) is 9.85. The summed E-state index contributed by atoms with van der Waals surface area (Å²) in [5, 5.41) is 3.16. The second-order valence-electron chi connectivity index (χ2n) is 6.48. The molecule has 26 heavy (non-hydrogen) atoms. The molecule has 1 N–H and O–H groups in total. The van der Waals surface area contributed by atoms with Gasteiger partial charge in [-0.15, -0.1) is 0 Å². The molecule has 0 saturated heterocycles. The number of para-hydroxylation sites is 2. The van der Waals surface area contributed by atoms with Gasteiger partial charge in [0.05, 0.1) is 23.5 Å². The molecule has 0 aromatic heterocycles. The van der Waals surface area contributed by atoms with E-state index in [1.54, 1.807) is 26.0 Å². The van der Waals surface area contributed by atoms with Gasteiger partial charge in [0, 0.05) is 0 Å². The molecule has 2 aromatic carbocycles. The first kappa shape index (κ1) is 17.8. The average Bonchev–Trinajstić information content (AvgIpc) is 2.60. The van der Waals surface area contributed by atoms with Gasteiger partial charge in [0.15, 0.2) is 0 Å². The number of ether oxygens (including phenoxy) is 1. The third-order valence-electron chi connectivity index (χ3n) is 4.12. The summed E-state index contributed by atoms with van der Waals surface area (Å²) >= 11 is 0. The normalized spacial score (nSPS) is 15.2. The lowest BCUT2D eigenvalue weighted by atomic mass is 9.98. The van der Waals surface area contributed by atoms with E-state index in [4.69, 9.17) is 4.74 Å². The SMILES string of the molecule is CC1(C)Nc2ccccc2N(CCOC(=O)c2cc(F)ccc2F)C1=O. The van der Waals surface area contributed by atoms with Crippen LogP contribution in [0, 0.1) is 11.6 Å². The molecule has 1 amide bonds. The molecule has 1 aliphatic heterocycles. The Morgan fingerprint density at radius 2 is 1.92 bits per heavy atom. The molecular weight excluding hydrogens is 342 g/mol. The summed E-state index contributed by atoms with van der Waals surface area (Å²) in [5.74, 6) is -2.74. The summed E-state index contributed by atoms with van der Waals surface area (Å²) in [4.78, 5) is 26.2. The van der Waals surface area contributed by atoms with Crippen LogP contribution in [0.1, 0.15) is 24.2 Å². The Morgan fingerprint density at radius 3 is 2.69 bits per heavy atom. The van der Waals surface area contributed by atoms with Crippen LogP contribution in [-0.4, -0.2) is 30.6 Å². The van der Waals surface area contributed by atoms with Crippen molar-refractivity contribution in [2.75, 3.05) is 23.4 Å². The zero-order valence-electron chi connectivity index (χ0n) is 14.4. The number of halogens is 2. The summed E-state index contributed by atoms with van der Waals surface area (Å²) in [5.41, 5.74) is 0.175. The predicted octanol–water partition coefficient (Wildman–Crippen LogP) is 3.36. The van der Waals surface area contributed by atoms with Gasteiger partial charge in [0.1, 0.15) is 23.8 Å². The zero-order valence-corrected chi connectivity index (χ0v) is 14.4. The zero-order chi connectivity index (χ0) is 18.9. The van der Waals surface area contributed by atoms with Gasteiger partial charge in [-0.05, 0) is 44.2 Å². The van der Waals surface area contributed by atoms with Crippen molar-refractivity contribution in [1.82, 2.24) is 0 Å². The van der Waals surface area contributed by atoms with E-state index in [2.05, 4.69) is 5.32 Å². The molecule has 2 aromatic rings. The number of fused-ring (bicyclic) bond motifs is 1. The molecule has 0 unspecified atom stereocenters. The van der Waals surface area contributed by atoms with Crippen molar-refractivity contribution in [3.05, 3.63) is 59.7 Å². The van der Waals surface area contributed by atoms with E-state index in [9.17, 15) is 18.4 Å². The van der Waals surface area contributed by atoms with Crippen molar-refractivity contribution in [3.63, 3.8) is 0 Å². The molecule has 3 rings (SSSR count). The standard InChI is InChI=1S/C19H18F2N2O3/c1-19(2)18(25)23(16-6-4-3-5-15(16)22-19)9-10-26-17(24)13-11-12(20)7-8-14(13)21/h3-8,11,22H,9-10H2,1-2H3. The molecule has 0 radical (unpaired) electrons. The van der Waals surface area contributed by atoms with Crippen LogP contribution in [0.3, 0.4) is 0 Å². The van der Waals surface area contributed by atoms with Crippen LogP contribution in [0.2, 0.25) is 0 Å². The Bertz CT molecular complexity index is 868. The quantitative estimate of drug-likeness (QED) is 0.850. The second kappa shape index (κ2) is 6.74. The summed E-state index contributed by atoms with van der Waals surface area (Å²) in [7, 11) is 0.